The van der Waals surface area contributed by atoms with E-state index in [9.17, 15) is 4.79 Å². The van der Waals surface area contributed by atoms with Crippen LogP contribution in [0.25, 0.3) is 11.7 Å². The molecule has 0 aromatic carbocycles. The molecule has 27 heavy (non-hydrogen) atoms. The lowest BCUT2D eigenvalue weighted by atomic mass is 9.90. The molecule has 2 aromatic heterocycles. The third-order valence-electron chi connectivity index (χ3n) is 4.65. The van der Waals surface area contributed by atoms with Gasteiger partial charge in [0.25, 0.3) is 5.91 Å². The van der Waals surface area contributed by atoms with E-state index in [-0.39, 0.29) is 5.41 Å². The molecule has 0 spiro atoms. The van der Waals surface area contributed by atoms with Crippen LogP contribution in [0.3, 0.4) is 0 Å². The van der Waals surface area contributed by atoms with Crippen LogP contribution in [0.1, 0.15) is 64.4 Å². The molecule has 0 atom stereocenters. The summed E-state index contributed by atoms with van der Waals surface area (Å²) in [6, 6.07) is 3.91. The molecule has 2 N–H and O–H groups in total. The molecule has 6 heteroatoms. The molecule has 0 saturated heterocycles. The van der Waals surface area contributed by atoms with Crippen LogP contribution in [0.5, 0.6) is 0 Å². The van der Waals surface area contributed by atoms with Crippen LogP contribution in [0.15, 0.2) is 24.4 Å². The summed E-state index contributed by atoms with van der Waals surface area (Å²) in [5.74, 6) is -0.552. The lowest BCUT2D eigenvalue weighted by Crippen LogP contribution is -2.27. The van der Waals surface area contributed by atoms with Gasteiger partial charge in [-0.3, -0.25) is 14.9 Å². The number of hydrogen-bond donors (Lipinski definition) is 2. The molecule has 2 aromatic rings. The summed E-state index contributed by atoms with van der Waals surface area (Å²) in [6.07, 6.45) is 7.35. The Hall–Kier alpha value is -2.18. The minimum Gasteiger partial charge on any atom is -0.302 e. The molecule has 0 unspecified atom stereocenters. The Morgan fingerprint density at radius 3 is 2.70 bits per heavy atom. The first kappa shape index (κ1) is 21.1. The number of nitrogens with zero attached hydrogens (tertiary/aromatic N) is 3. The van der Waals surface area contributed by atoms with Gasteiger partial charge in [-0.2, -0.15) is 0 Å². The summed E-state index contributed by atoms with van der Waals surface area (Å²) in [6.45, 7) is 13.9. The number of nitrogens with one attached hydrogen (secondary N) is 1. The van der Waals surface area contributed by atoms with Gasteiger partial charge >= 0.3 is 0 Å². The van der Waals surface area contributed by atoms with Crippen LogP contribution in [0.2, 0.25) is 0 Å². The van der Waals surface area contributed by atoms with Crippen LogP contribution in [0, 0.1) is 0 Å². The number of imidazole rings is 1. The highest BCUT2D eigenvalue weighted by Gasteiger charge is 2.24. The molecule has 2 rings (SSSR count). The van der Waals surface area contributed by atoms with E-state index in [1.54, 1.807) is 11.6 Å². The Morgan fingerprint density at radius 2 is 2.11 bits per heavy atom. The average molecular weight is 373 g/mol. The van der Waals surface area contributed by atoms with Gasteiger partial charge in [0.05, 0.1) is 11.4 Å². The second kappa shape index (κ2) is 9.15. The van der Waals surface area contributed by atoms with E-state index in [4.69, 9.17) is 10.2 Å². The molecule has 0 bridgehead atoms. The van der Waals surface area contributed by atoms with Gasteiger partial charge < -0.3 is 4.40 Å². The van der Waals surface area contributed by atoms with Crippen LogP contribution in [0.4, 0.5) is 0 Å². The summed E-state index contributed by atoms with van der Waals surface area (Å²) in [7, 11) is 0. The van der Waals surface area contributed by atoms with Gasteiger partial charge in [-0.15, -0.1) is 0 Å². The third-order valence-corrected chi connectivity index (χ3v) is 4.65. The number of rotatable bonds is 8. The van der Waals surface area contributed by atoms with Crippen molar-refractivity contribution in [3.8, 4) is 0 Å². The summed E-state index contributed by atoms with van der Waals surface area (Å²) in [5, 5.41) is 8.61. The predicted molar refractivity (Wildman–Crippen MR) is 109 cm³/mol. The first-order valence-electron chi connectivity index (χ1n) is 9.66. The molecule has 2 heterocycles. The van der Waals surface area contributed by atoms with Crippen molar-refractivity contribution in [3.05, 3.63) is 41.4 Å². The number of fused-ring (bicyclic) bond motifs is 1. The second-order valence-corrected chi connectivity index (χ2v) is 7.88. The summed E-state index contributed by atoms with van der Waals surface area (Å²) < 4.78 is 2.15. The standard InChI is InChI=1S/C21H32N4O2/c1-6-8-12-24(7-2)15-17-20(21(3,4)5)22-18-14-16(11-13-25(17)18)9-10-19(26)23-27/h9-11,13-14,27H,6-8,12,15H2,1-5H3,(H,23,26)/b10-9+. The fraction of sp³-hybridized carbons (Fsp3) is 0.524. The molecule has 148 valence electrons. The highest BCUT2D eigenvalue weighted by Crippen LogP contribution is 2.28. The number of amides is 1. The minimum absolute atomic E-state index is 0.0572. The number of hydrogen-bond acceptors (Lipinski definition) is 4. The summed E-state index contributed by atoms with van der Waals surface area (Å²) in [4.78, 5) is 18.6. The zero-order valence-electron chi connectivity index (χ0n) is 17.1. The van der Waals surface area contributed by atoms with Gasteiger partial charge in [0.1, 0.15) is 5.65 Å². The Labute approximate surface area is 161 Å². The van der Waals surface area contributed by atoms with Crippen molar-refractivity contribution in [3.63, 3.8) is 0 Å². The Morgan fingerprint density at radius 1 is 1.37 bits per heavy atom. The quantitative estimate of drug-likeness (QED) is 0.420. The molecular formula is C21H32N4O2. The van der Waals surface area contributed by atoms with Crippen LogP contribution in [-0.4, -0.2) is 38.5 Å². The van der Waals surface area contributed by atoms with E-state index in [1.807, 2.05) is 18.3 Å². The summed E-state index contributed by atoms with van der Waals surface area (Å²) >= 11 is 0. The molecule has 6 nitrogen and oxygen atoms in total. The molecule has 0 saturated carbocycles. The highest BCUT2D eigenvalue weighted by atomic mass is 16.5. The first-order valence-corrected chi connectivity index (χ1v) is 9.66. The van der Waals surface area contributed by atoms with E-state index >= 15 is 0 Å². The van der Waals surface area contributed by atoms with E-state index in [0.717, 1.165) is 36.5 Å². The van der Waals surface area contributed by atoms with Gasteiger partial charge in [-0.1, -0.05) is 41.0 Å². The maximum atomic E-state index is 11.2. The largest absolute Gasteiger partial charge is 0.302 e. The van der Waals surface area contributed by atoms with Crippen molar-refractivity contribution in [1.29, 1.82) is 0 Å². The van der Waals surface area contributed by atoms with Gasteiger partial charge in [-0.25, -0.2) is 10.5 Å². The van der Waals surface area contributed by atoms with Gasteiger partial charge in [0.2, 0.25) is 0 Å². The lowest BCUT2D eigenvalue weighted by molar-refractivity contribution is -0.124. The van der Waals surface area contributed by atoms with Crippen LogP contribution >= 0.6 is 0 Å². The third kappa shape index (κ3) is 5.40. The SMILES string of the molecule is CCCCN(CC)Cc1c(C(C)(C)C)nc2cc(/C=C/C(=O)NO)ccn12. The zero-order valence-corrected chi connectivity index (χ0v) is 17.1. The van der Waals surface area contributed by atoms with Gasteiger partial charge in [-0.05, 0) is 43.3 Å². The van der Waals surface area contributed by atoms with Crippen molar-refractivity contribution in [1.82, 2.24) is 19.8 Å². The molecular weight excluding hydrogens is 340 g/mol. The van der Waals surface area contributed by atoms with Crippen molar-refractivity contribution >= 4 is 17.6 Å². The molecule has 0 aliphatic carbocycles. The van der Waals surface area contributed by atoms with Crippen LogP contribution < -0.4 is 5.48 Å². The lowest BCUT2D eigenvalue weighted by Gasteiger charge is -2.23. The van der Waals surface area contributed by atoms with E-state index in [2.05, 4.69) is 43.9 Å². The minimum atomic E-state index is -0.552. The zero-order chi connectivity index (χ0) is 20.0. The Balaban J connectivity index is 2.44. The number of hydroxylamine groups is 1. The van der Waals surface area contributed by atoms with Crippen LogP contribution in [-0.2, 0) is 16.8 Å². The number of carbonyl (C=O) groups excluding carboxylic acids is 1. The normalized spacial score (nSPS) is 12.4. The fourth-order valence-corrected chi connectivity index (χ4v) is 3.12. The summed E-state index contributed by atoms with van der Waals surface area (Å²) in [5.41, 5.74) is 5.60. The molecule has 0 aliphatic rings. The predicted octanol–water partition coefficient (Wildman–Crippen LogP) is 3.77. The molecule has 0 aliphatic heterocycles. The monoisotopic (exact) mass is 372 g/mol. The Bertz CT molecular complexity index is 802. The fourth-order valence-electron chi connectivity index (χ4n) is 3.12. The number of unbranched alkanes of at least 4 members (excludes halogenated alkanes) is 1. The van der Waals surface area contributed by atoms with E-state index in [1.165, 1.54) is 24.6 Å². The number of pyridine rings is 1. The molecule has 1 amide bonds. The smallest absolute Gasteiger partial charge is 0.267 e. The molecule has 0 radical (unpaired) electrons. The van der Waals surface area contributed by atoms with Crippen molar-refractivity contribution in [2.75, 3.05) is 13.1 Å². The maximum absolute atomic E-state index is 11.2. The van der Waals surface area contributed by atoms with E-state index in [0.29, 0.717) is 0 Å². The number of carbonyl (C=O) groups is 1. The highest BCUT2D eigenvalue weighted by molar-refractivity contribution is 5.90. The topological polar surface area (TPSA) is 69.9 Å². The van der Waals surface area contributed by atoms with Gasteiger partial charge in [0.15, 0.2) is 0 Å². The van der Waals surface area contributed by atoms with E-state index < -0.39 is 5.91 Å². The first-order chi connectivity index (χ1) is 12.8. The number of aromatic nitrogens is 2. The second-order valence-electron chi connectivity index (χ2n) is 7.88. The van der Waals surface area contributed by atoms with Gasteiger partial charge in [0, 0.05) is 24.2 Å². The maximum Gasteiger partial charge on any atom is 0.267 e. The van der Waals surface area contributed by atoms with Crippen molar-refractivity contribution in [2.24, 2.45) is 0 Å². The Kier molecular flexibility index (Phi) is 7.16. The van der Waals surface area contributed by atoms with Crippen molar-refractivity contribution in [2.45, 2.75) is 59.4 Å². The average Bonchev–Trinajstić information content (AvgIpc) is 3.01. The molecule has 0 fully saturated rings. The van der Waals surface area contributed by atoms with Crippen molar-refractivity contribution < 1.29 is 10.0 Å².